The summed E-state index contributed by atoms with van der Waals surface area (Å²) in [5.41, 5.74) is 1.75. The van der Waals surface area contributed by atoms with E-state index in [0.29, 0.717) is 6.54 Å². The van der Waals surface area contributed by atoms with E-state index in [-0.39, 0.29) is 18.4 Å². The van der Waals surface area contributed by atoms with Crippen molar-refractivity contribution in [2.24, 2.45) is 5.92 Å². The molecule has 1 atom stereocenters. The smallest absolute Gasteiger partial charge is 0.254 e. The summed E-state index contributed by atoms with van der Waals surface area (Å²) in [6, 6.07) is 5.77. The highest BCUT2D eigenvalue weighted by molar-refractivity contribution is 9.10. The van der Waals surface area contributed by atoms with Crippen LogP contribution < -0.4 is 0 Å². The molecule has 0 spiro atoms. The number of carbonyl (C=O) groups excluding carboxylic acids is 1. The van der Waals surface area contributed by atoms with Gasteiger partial charge in [0.2, 0.25) is 0 Å². The van der Waals surface area contributed by atoms with E-state index in [2.05, 4.69) is 15.9 Å². The van der Waals surface area contributed by atoms with Gasteiger partial charge in [0.25, 0.3) is 5.91 Å². The summed E-state index contributed by atoms with van der Waals surface area (Å²) in [7, 11) is 0. The van der Waals surface area contributed by atoms with Gasteiger partial charge in [-0.25, -0.2) is 0 Å². The van der Waals surface area contributed by atoms with E-state index in [4.69, 9.17) is 0 Å². The van der Waals surface area contributed by atoms with Gasteiger partial charge < -0.3 is 10.0 Å². The minimum atomic E-state index is 0.0759. The standard InChI is InChI=1S/C14H18BrNO2/c1-10-4-5-12(15)7-13(10)14(18)16-6-2-3-11(8-16)9-17/h4-5,7,11,17H,2-3,6,8-9H2,1H3. The third-order valence-electron chi connectivity index (χ3n) is 3.49. The van der Waals surface area contributed by atoms with Crippen molar-refractivity contribution in [2.45, 2.75) is 19.8 Å². The summed E-state index contributed by atoms with van der Waals surface area (Å²) in [6.07, 6.45) is 1.99. The molecule has 0 aliphatic carbocycles. The summed E-state index contributed by atoms with van der Waals surface area (Å²) in [6.45, 7) is 3.58. The zero-order valence-corrected chi connectivity index (χ0v) is 12.1. The number of aryl methyl sites for hydroxylation is 1. The van der Waals surface area contributed by atoms with Gasteiger partial charge in [-0.15, -0.1) is 0 Å². The molecule has 1 N–H and O–H groups in total. The number of aliphatic hydroxyl groups excluding tert-OH is 1. The molecule has 98 valence electrons. The second kappa shape index (κ2) is 5.85. The number of piperidine rings is 1. The number of hydrogen-bond donors (Lipinski definition) is 1. The molecule has 0 radical (unpaired) electrons. The van der Waals surface area contributed by atoms with Crippen LogP contribution in [-0.4, -0.2) is 35.6 Å². The Balaban J connectivity index is 2.17. The molecular weight excluding hydrogens is 294 g/mol. The van der Waals surface area contributed by atoms with E-state index >= 15 is 0 Å². The van der Waals surface area contributed by atoms with Gasteiger partial charge >= 0.3 is 0 Å². The highest BCUT2D eigenvalue weighted by Crippen LogP contribution is 2.21. The summed E-state index contributed by atoms with van der Waals surface area (Å²) >= 11 is 3.40. The summed E-state index contributed by atoms with van der Waals surface area (Å²) < 4.78 is 0.923. The van der Waals surface area contributed by atoms with Crippen LogP contribution in [0.1, 0.15) is 28.8 Å². The van der Waals surface area contributed by atoms with Crippen molar-refractivity contribution in [3.63, 3.8) is 0 Å². The van der Waals surface area contributed by atoms with Crippen LogP contribution >= 0.6 is 15.9 Å². The molecule has 1 amide bonds. The highest BCUT2D eigenvalue weighted by Gasteiger charge is 2.24. The molecule has 1 fully saturated rings. The van der Waals surface area contributed by atoms with Gasteiger partial charge in [-0.1, -0.05) is 22.0 Å². The van der Waals surface area contributed by atoms with Gasteiger partial charge in [-0.2, -0.15) is 0 Å². The summed E-state index contributed by atoms with van der Waals surface area (Å²) in [4.78, 5) is 14.3. The van der Waals surface area contributed by atoms with Crippen LogP contribution in [0.3, 0.4) is 0 Å². The van der Waals surface area contributed by atoms with E-state index in [9.17, 15) is 9.90 Å². The van der Waals surface area contributed by atoms with Crippen LogP contribution in [0.25, 0.3) is 0 Å². The fourth-order valence-electron chi connectivity index (χ4n) is 2.39. The predicted octanol–water partition coefficient (Wildman–Crippen LogP) is 2.60. The molecule has 1 unspecified atom stereocenters. The second-order valence-corrected chi connectivity index (χ2v) is 5.82. The zero-order chi connectivity index (χ0) is 13.1. The molecule has 4 heteroatoms. The minimum Gasteiger partial charge on any atom is -0.396 e. The number of hydrogen-bond acceptors (Lipinski definition) is 2. The van der Waals surface area contributed by atoms with E-state index < -0.39 is 0 Å². The molecule has 1 aromatic carbocycles. The number of aliphatic hydroxyl groups is 1. The summed E-state index contributed by atoms with van der Waals surface area (Å²) in [5.74, 6) is 0.308. The fraction of sp³-hybridized carbons (Fsp3) is 0.500. The first-order valence-corrected chi connectivity index (χ1v) is 7.07. The van der Waals surface area contributed by atoms with Crippen LogP contribution in [0.5, 0.6) is 0 Å². The molecule has 1 aliphatic rings. The lowest BCUT2D eigenvalue weighted by molar-refractivity contribution is 0.0620. The maximum atomic E-state index is 12.5. The normalized spacial score (nSPS) is 19.9. The molecule has 1 saturated heterocycles. The van der Waals surface area contributed by atoms with Crippen LogP contribution in [-0.2, 0) is 0 Å². The quantitative estimate of drug-likeness (QED) is 0.912. The van der Waals surface area contributed by atoms with E-state index in [1.807, 2.05) is 30.0 Å². The average Bonchev–Trinajstić information content (AvgIpc) is 2.41. The van der Waals surface area contributed by atoms with Crippen LogP contribution in [0.4, 0.5) is 0 Å². The van der Waals surface area contributed by atoms with Gasteiger partial charge in [0.15, 0.2) is 0 Å². The van der Waals surface area contributed by atoms with Gasteiger partial charge in [0.05, 0.1) is 0 Å². The molecule has 2 rings (SSSR count). The van der Waals surface area contributed by atoms with Gasteiger partial charge in [0.1, 0.15) is 0 Å². The maximum Gasteiger partial charge on any atom is 0.254 e. The van der Waals surface area contributed by atoms with Crippen molar-refractivity contribution >= 4 is 21.8 Å². The molecule has 1 aromatic rings. The first-order chi connectivity index (χ1) is 8.61. The van der Waals surface area contributed by atoms with Gasteiger partial charge in [0, 0.05) is 29.7 Å². The Morgan fingerprint density at radius 1 is 1.56 bits per heavy atom. The Hall–Kier alpha value is -0.870. The molecule has 18 heavy (non-hydrogen) atoms. The third-order valence-corrected chi connectivity index (χ3v) is 3.99. The van der Waals surface area contributed by atoms with Crippen LogP contribution in [0.15, 0.2) is 22.7 Å². The molecule has 0 aromatic heterocycles. The average molecular weight is 312 g/mol. The topological polar surface area (TPSA) is 40.5 Å². The van der Waals surface area contributed by atoms with Crippen molar-refractivity contribution in [1.82, 2.24) is 4.90 Å². The van der Waals surface area contributed by atoms with Crippen molar-refractivity contribution in [3.8, 4) is 0 Å². The largest absolute Gasteiger partial charge is 0.396 e. The lowest BCUT2D eigenvalue weighted by Crippen LogP contribution is -2.41. The number of benzene rings is 1. The van der Waals surface area contributed by atoms with Crippen molar-refractivity contribution in [1.29, 1.82) is 0 Å². The van der Waals surface area contributed by atoms with E-state index in [1.54, 1.807) is 0 Å². The molecule has 0 saturated carbocycles. The SMILES string of the molecule is Cc1ccc(Br)cc1C(=O)N1CCCC(CO)C1. The predicted molar refractivity (Wildman–Crippen MR) is 74.6 cm³/mol. The fourth-order valence-corrected chi connectivity index (χ4v) is 2.75. The number of halogens is 1. The number of carbonyl (C=O) groups is 1. The van der Waals surface area contributed by atoms with Crippen molar-refractivity contribution in [3.05, 3.63) is 33.8 Å². The van der Waals surface area contributed by atoms with Gasteiger partial charge in [-0.05, 0) is 43.4 Å². The monoisotopic (exact) mass is 311 g/mol. The Morgan fingerprint density at radius 2 is 2.33 bits per heavy atom. The number of likely N-dealkylation sites (tertiary alicyclic amines) is 1. The highest BCUT2D eigenvalue weighted by atomic mass is 79.9. The Bertz CT molecular complexity index is 447. The van der Waals surface area contributed by atoms with Crippen LogP contribution in [0, 0.1) is 12.8 Å². The zero-order valence-electron chi connectivity index (χ0n) is 10.5. The second-order valence-electron chi connectivity index (χ2n) is 4.90. The third kappa shape index (κ3) is 2.93. The molecule has 3 nitrogen and oxygen atoms in total. The Kier molecular flexibility index (Phi) is 4.40. The number of amides is 1. The maximum absolute atomic E-state index is 12.5. The number of nitrogens with zero attached hydrogens (tertiary/aromatic N) is 1. The van der Waals surface area contributed by atoms with Crippen molar-refractivity contribution < 1.29 is 9.90 Å². The first-order valence-electron chi connectivity index (χ1n) is 6.28. The summed E-state index contributed by atoms with van der Waals surface area (Å²) in [5, 5.41) is 9.21. The molecule has 0 bridgehead atoms. The van der Waals surface area contributed by atoms with E-state index in [1.165, 1.54) is 0 Å². The number of rotatable bonds is 2. The van der Waals surface area contributed by atoms with Crippen LogP contribution in [0.2, 0.25) is 0 Å². The Morgan fingerprint density at radius 3 is 3.06 bits per heavy atom. The van der Waals surface area contributed by atoms with Gasteiger partial charge in [-0.3, -0.25) is 4.79 Å². The van der Waals surface area contributed by atoms with Crippen molar-refractivity contribution in [2.75, 3.05) is 19.7 Å². The molecule has 1 heterocycles. The van der Waals surface area contributed by atoms with E-state index in [0.717, 1.165) is 35.0 Å². The molecule has 1 aliphatic heterocycles. The molecular formula is C14H18BrNO2. The first kappa shape index (κ1) is 13.6. The minimum absolute atomic E-state index is 0.0759. The lowest BCUT2D eigenvalue weighted by Gasteiger charge is -2.32. The lowest BCUT2D eigenvalue weighted by atomic mass is 9.97. The Labute approximate surface area is 116 Å².